The second kappa shape index (κ2) is 6.37. The standard InChI is InChI=1S/C8H12ClNO4/c1-5(11)6(3-8(13)14-2)10-7(12)4-9/h6H,3-4H2,1-2H3,(H,10,12). The Morgan fingerprint density at radius 1 is 1.43 bits per heavy atom. The van der Waals surface area contributed by atoms with Crippen molar-refractivity contribution >= 4 is 29.3 Å². The Kier molecular flexibility index (Phi) is 5.87. The van der Waals surface area contributed by atoms with Crippen LogP contribution in [0.3, 0.4) is 0 Å². The van der Waals surface area contributed by atoms with Gasteiger partial charge in [-0.1, -0.05) is 0 Å². The summed E-state index contributed by atoms with van der Waals surface area (Å²) >= 11 is 5.23. The van der Waals surface area contributed by atoms with E-state index in [1.807, 2.05) is 0 Å². The van der Waals surface area contributed by atoms with Crippen LogP contribution in [0.2, 0.25) is 0 Å². The molecule has 0 heterocycles. The highest BCUT2D eigenvalue weighted by atomic mass is 35.5. The molecule has 0 fully saturated rings. The molecular formula is C8H12ClNO4. The van der Waals surface area contributed by atoms with Crippen molar-refractivity contribution in [3.63, 3.8) is 0 Å². The number of nitrogens with one attached hydrogen (secondary N) is 1. The van der Waals surface area contributed by atoms with E-state index in [0.717, 1.165) is 0 Å². The highest BCUT2D eigenvalue weighted by Gasteiger charge is 2.20. The third-order valence-electron chi connectivity index (χ3n) is 1.55. The van der Waals surface area contributed by atoms with Crippen LogP contribution in [0.25, 0.3) is 0 Å². The number of halogens is 1. The fourth-order valence-electron chi connectivity index (χ4n) is 0.779. The van der Waals surface area contributed by atoms with Crippen LogP contribution in [0, 0.1) is 0 Å². The van der Waals surface area contributed by atoms with Gasteiger partial charge in [-0.25, -0.2) is 0 Å². The number of Topliss-reactive ketones (excluding diaryl/α,β-unsaturated/α-hetero) is 1. The Bertz CT molecular complexity index is 223. The predicted molar refractivity (Wildman–Crippen MR) is 50.0 cm³/mol. The fraction of sp³-hybridized carbons (Fsp3) is 0.625. The maximum absolute atomic E-state index is 11.0. The second-order valence-electron chi connectivity index (χ2n) is 2.64. The molecule has 1 N–H and O–H groups in total. The van der Waals surface area contributed by atoms with Crippen molar-refractivity contribution in [2.24, 2.45) is 0 Å². The Balaban J connectivity index is 4.23. The van der Waals surface area contributed by atoms with Gasteiger partial charge in [-0.2, -0.15) is 0 Å². The van der Waals surface area contributed by atoms with Crippen LogP contribution in [-0.2, 0) is 19.1 Å². The maximum atomic E-state index is 11.0. The van der Waals surface area contributed by atoms with Crippen LogP contribution in [0.5, 0.6) is 0 Å². The average molecular weight is 222 g/mol. The molecule has 0 rings (SSSR count). The van der Waals surface area contributed by atoms with Crippen LogP contribution in [0.15, 0.2) is 0 Å². The van der Waals surface area contributed by atoms with E-state index in [0.29, 0.717) is 0 Å². The number of alkyl halides is 1. The number of ketones is 1. The van der Waals surface area contributed by atoms with E-state index in [9.17, 15) is 14.4 Å². The second-order valence-corrected chi connectivity index (χ2v) is 2.91. The Labute approximate surface area is 86.7 Å². The first-order valence-electron chi connectivity index (χ1n) is 3.93. The molecule has 1 atom stereocenters. The minimum absolute atomic E-state index is 0.172. The number of rotatable bonds is 5. The molecule has 14 heavy (non-hydrogen) atoms. The molecule has 1 unspecified atom stereocenters. The van der Waals surface area contributed by atoms with Gasteiger partial charge >= 0.3 is 5.97 Å². The number of carbonyl (C=O) groups is 3. The van der Waals surface area contributed by atoms with E-state index in [1.54, 1.807) is 0 Å². The normalized spacial score (nSPS) is 11.6. The van der Waals surface area contributed by atoms with Crippen LogP contribution < -0.4 is 5.32 Å². The molecule has 0 aromatic carbocycles. The maximum Gasteiger partial charge on any atom is 0.308 e. The lowest BCUT2D eigenvalue weighted by atomic mass is 10.1. The van der Waals surface area contributed by atoms with Crippen molar-refractivity contribution in [2.75, 3.05) is 13.0 Å². The van der Waals surface area contributed by atoms with Gasteiger partial charge in [-0.15, -0.1) is 11.6 Å². The van der Waals surface area contributed by atoms with Gasteiger partial charge in [0.25, 0.3) is 0 Å². The van der Waals surface area contributed by atoms with E-state index in [1.165, 1.54) is 14.0 Å². The summed E-state index contributed by atoms with van der Waals surface area (Å²) in [6, 6.07) is -0.853. The van der Waals surface area contributed by atoms with Crippen LogP contribution in [0.1, 0.15) is 13.3 Å². The quantitative estimate of drug-likeness (QED) is 0.518. The molecule has 6 heteroatoms. The molecule has 1 amide bonds. The number of methoxy groups -OCH3 is 1. The molecule has 0 aromatic rings. The fourth-order valence-corrected chi connectivity index (χ4v) is 0.856. The molecule has 0 saturated carbocycles. The average Bonchev–Trinajstić information content (AvgIpc) is 2.16. The zero-order chi connectivity index (χ0) is 11.1. The van der Waals surface area contributed by atoms with Crippen molar-refractivity contribution in [2.45, 2.75) is 19.4 Å². The number of hydrogen-bond donors (Lipinski definition) is 1. The minimum atomic E-state index is -0.853. The zero-order valence-electron chi connectivity index (χ0n) is 8.00. The number of ether oxygens (including phenoxy) is 1. The van der Waals surface area contributed by atoms with Gasteiger partial charge in [-0.3, -0.25) is 14.4 Å². The van der Waals surface area contributed by atoms with Crippen LogP contribution >= 0.6 is 11.6 Å². The van der Waals surface area contributed by atoms with Crippen molar-refractivity contribution < 1.29 is 19.1 Å². The summed E-state index contributed by atoms with van der Waals surface area (Å²) < 4.78 is 4.37. The summed E-state index contributed by atoms with van der Waals surface area (Å²) in [5.74, 6) is -1.60. The number of esters is 1. The predicted octanol–water partition coefficient (Wildman–Crippen LogP) is -0.138. The third-order valence-corrected chi connectivity index (χ3v) is 1.79. The molecular weight excluding hydrogens is 210 g/mol. The summed E-state index contributed by atoms with van der Waals surface area (Å²) in [6.45, 7) is 1.28. The molecule has 0 bridgehead atoms. The smallest absolute Gasteiger partial charge is 0.308 e. The van der Waals surface area contributed by atoms with Gasteiger partial charge in [0, 0.05) is 0 Å². The Morgan fingerprint density at radius 2 is 2.00 bits per heavy atom. The van der Waals surface area contributed by atoms with Crippen molar-refractivity contribution in [1.82, 2.24) is 5.32 Å². The first-order chi connectivity index (χ1) is 6.51. The van der Waals surface area contributed by atoms with Gasteiger partial charge in [0.15, 0.2) is 5.78 Å². The molecule has 80 valence electrons. The summed E-state index contributed by atoms with van der Waals surface area (Å²) in [6.07, 6.45) is -0.172. The summed E-state index contributed by atoms with van der Waals surface area (Å²) in [4.78, 5) is 32.7. The van der Waals surface area contributed by atoms with E-state index < -0.39 is 17.9 Å². The molecule has 0 aliphatic carbocycles. The summed E-state index contributed by atoms with van der Waals surface area (Å²) in [5, 5.41) is 2.31. The van der Waals surface area contributed by atoms with Gasteiger partial charge < -0.3 is 10.1 Å². The first-order valence-corrected chi connectivity index (χ1v) is 4.47. The lowest BCUT2D eigenvalue weighted by Gasteiger charge is -2.13. The van der Waals surface area contributed by atoms with Gasteiger partial charge in [0.05, 0.1) is 19.6 Å². The number of hydrogen-bond acceptors (Lipinski definition) is 4. The summed E-state index contributed by atoms with van der Waals surface area (Å²) in [7, 11) is 1.21. The van der Waals surface area contributed by atoms with Crippen molar-refractivity contribution in [3.05, 3.63) is 0 Å². The molecule has 0 aromatic heterocycles. The summed E-state index contributed by atoms with van der Waals surface area (Å²) in [5.41, 5.74) is 0. The highest BCUT2D eigenvalue weighted by molar-refractivity contribution is 6.27. The minimum Gasteiger partial charge on any atom is -0.469 e. The van der Waals surface area contributed by atoms with E-state index in [-0.39, 0.29) is 18.1 Å². The Morgan fingerprint density at radius 3 is 2.36 bits per heavy atom. The van der Waals surface area contributed by atoms with Crippen LogP contribution in [0.4, 0.5) is 0 Å². The van der Waals surface area contributed by atoms with E-state index >= 15 is 0 Å². The SMILES string of the molecule is COC(=O)CC(NC(=O)CCl)C(C)=O. The number of amides is 1. The molecule has 0 aliphatic heterocycles. The molecule has 0 spiro atoms. The molecule has 0 aliphatic rings. The van der Waals surface area contributed by atoms with E-state index in [2.05, 4.69) is 10.1 Å². The van der Waals surface area contributed by atoms with Crippen molar-refractivity contribution in [1.29, 1.82) is 0 Å². The van der Waals surface area contributed by atoms with Crippen LogP contribution in [-0.4, -0.2) is 36.7 Å². The van der Waals surface area contributed by atoms with Crippen molar-refractivity contribution in [3.8, 4) is 0 Å². The monoisotopic (exact) mass is 221 g/mol. The zero-order valence-corrected chi connectivity index (χ0v) is 8.76. The topological polar surface area (TPSA) is 72.5 Å². The molecule has 0 radical (unpaired) electrons. The van der Waals surface area contributed by atoms with Gasteiger partial charge in [-0.05, 0) is 6.92 Å². The lowest BCUT2D eigenvalue weighted by Crippen LogP contribution is -2.42. The van der Waals surface area contributed by atoms with E-state index in [4.69, 9.17) is 11.6 Å². The third kappa shape index (κ3) is 4.81. The van der Waals surface area contributed by atoms with Gasteiger partial charge in [0.2, 0.25) is 5.91 Å². The Hall–Kier alpha value is -1.10. The first kappa shape index (κ1) is 12.9. The number of carbonyl (C=O) groups excluding carboxylic acids is 3. The molecule has 0 saturated heterocycles. The highest BCUT2D eigenvalue weighted by Crippen LogP contribution is 1.96. The lowest BCUT2D eigenvalue weighted by molar-refractivity contribution is -0.143. The molecule has 5 nitrogen and oxygen atoms in total. The van der Waals surface area contributed by atoms with Gasteiger partial charge in [0.1, 0.15) is 5.88 Å². The largest absolute Gasteiger partial charge is 0.469 e.